The molecule has 4 rings (SSSR count). The molecule has 1 amide bonds. The molecule has 0 bridgehead atoms. The molecule has 2 aliphatic rings. The predicted molar refractivity (Wildman–Crippen MR) is 113 cm³/mol. The Hall–Kier alpha value is -2.54. The second kappa shape index (κ2) is 7.37. The molecule has 1 heterocycles. The summed E-state index contributed by atoms with van der Waals surface area (Å²) < 4.78 is 31.7. The summed E-state index contributed by atoms with van der Waals surface area (Å²) in [6.07, 6.45) is 3.61. The van der Waals surface area contributed by atoms with E-state index in [1.165, 1.54) is 21.9 Å². The van der Waals surface area contributed by atoms with Gasteiger partial charge < -0.3 is 10.1 Å². The summed E-state index contributed by atoms with van der Waals surface area (Å²) in [5.74, 6) is 0.0887. The van der Waals surface area contributed by atoms with Crippen molar-refractivity contribution in [3.05, 3.63) is 58.7 Å². The van der Waals surface area contributed by atoms with E-state index in [0.29, 0.717) is 11.4 Å². The third-order valence-corrected chi connectivity index (χ3v) is 6.81. The van der Waals surface area contributed by atoms with Crippen LogP contribution in [0.1, 0.15) is 41.6 Å². The lowest BCUT2D eigenvalue weighted by molar-refractivity contribution is -0.128. The average Bonchev–Trinajstić information content (AvgIpc) is 3.13. The van der Waals surface area contributed by atoms with Crippen LogP contribution in [0.2, 0.25) is 0 Å². The van der Waals surface area contributed by atoms with Crippen molar-refractivity contribution < 1.29 is 17.9 Å². The summed E-state index contributed by atoms with van der Waals surface area (Å²) in [5, 5.41) is 2.99. The van der Waals surface area contributed by atoms with Crippen molar-refractivity contribution in [2.45, 2.75) is 45.3 Å². The van der Waals surface area contributed by atoms with Crippen molar-refractivity contribution in [2.75, 3.05) is 17.1 Å². The topological polar surface area (TPSA) is 75.7 Å². The number of sulfonamides is 1. The Morgan fingerprint density at radius 3 is 2.69 bits per heavy atom. The first-order chi connectivity index (χ1) is 13.7. The van der Waals surface area contributed by atoms with Gasteiger partial charge in [-0.2, -0.15) is 0 Å². The molecular weight excluding hydrogens is 388 g/mol. The lowest BCUT2D eigenvalue weighted by atomic mass is 10.0. The number of aryl methyl sites for hydroxylation is 3. The van der Waals surface area contributed by atoms with E-state index in [4.69, 9.17) is 4.74 Å². The third-order valence-electron chi connectivity index (χ3n) is 5.66. The third kappa shape index (κ3) is 3.96. The SMILES string of the molecule is Cc1ccc2c(c1)O[C@@H](C(=O)N[C@H](C)c1ccc3c(c1)CCC3)CN2S(C)(=O)=O. The van der Waals surface area contributed by atoms with E-state index in [0.717, 1.165) is 30.2 Å². The molecule has 0 aromatic heterocycles. The van der Waals surface area contributed by atoms with Crippen LogP contribution in [0.15, 0.2) is 36.4 Å². The molecule has 1 aliphatic carbocycles. The Balaban J connectivity index is 1.54. The molecule has 2 aromatic rings. The van der Waals surface area contributed by atoms with Gasteiger partial charge in [-0.15, -0.1) is 0 Å². The molecule has 0 fully saturated rings. The van der Waals surface area contributed by atoms with Gasteiger partial charge in [-0.3, -0.25) is 9.10 Å². The van der Waals surface area contributed by atoms with Crippen LogP contribution >= 0.6 is 0 Å². The second-order valence-electron chi connectivity index (χ2n) is 7.98. The van der Waals surface area contributed by atoms with Crippen molar-refractivity contribution in [2.24, 2.45) is 0 Å². The van der Waals surface area contributed by atoms with Crippen molar-refractivity contribution in [3.8, 4) is 5.75 Å². The molecule has 29 heavy (non-hydrogen) atoms. The summed E-state index contributed by atoms with van der Waals surface area (Å²) in [4.78, 5) is 12.9. The summed E-state index contributed by atoms with van der Waals surface area (Å²) in [6, 6.07) is 11.5. The minimum absolute atomic E-state index is 0.0440. The van der Waals surface area contributed by atoms with Gasteiger partial charge in [0, 0.05) is 0 Å². The first-order valence-corrected chi connectivity index (χ1v) is 11.7. The summed E-state index contributed by atoms with van der Waals surface area (Å²) in [7, 11) is -3.53. The largest absolute Gasteiger partial charge is 0.476 e. The zero-order chi connectivity index (χ0) is 20.8. The van der Waals surface area contributed by atoms with Crippen LogP contribution in [0.5, 0.6) is 5.75 Å². The highest BCUT2D eigenvalue weighted by molar-refractivity contribution is 7.92. The number of anilines is 1. The van der Waals surface area contributed by atoms with Gasteiger partial charge >= 0.3 is 0 Å². The predicted octanol–water partition coefficient (Wildman–Crippen LogP) is 2.89. The fourth-order valence-electron chi connectivity index (χ4n) is 4.06. The van der Waals surface area contributed by atoms with E-state index in [-0.39, 0.29) is 18.5 Å². The van der Waals surface area contributed by atoms with E-state index < -0.39 is 16.1 Å². The van der Waals surface area contributed by atoms with Crippen molar-refractivity contribution in [1.82, 2.24) is 5.32 Å². The van der Waals surface area contributed by atoms with Crippen LogP contribution < -0.4 is 14.4 Å². The van der Waals surface area contributed by atoms with E-state index in [9.17, 15) is 13.2 Å². The molecule has 2 atom stereocenters. The summed E-state index contributed by atoms with van der Waals surface area (Å²) >= 11 is 0. The van der Waals surface area contributed by atoms with Crippen molar-refractivity contribution in [1.29, 1.82) is 0 Å². The van der Waals surface area contributed by atoms with Crippen LogP contribution in [0.4, 0.5) is 5.69 Å². The molecule has 154 valence electrons. The molecule has 0 saturated heterocycles. The Kier molecular flexibility index (Phi) is 5.02. The van der Waals surface area contributed by atoms with E-state index in [1.54, 1.807) is 12.1 Å². The standard InChI is InChI=1S/C22H26N2O4S/c1-14-7-10-19-20(11-14)28-21(13-24(19)29(3,26)27)22(25)23-15(2)17-9-8-16-5-4-6-18(16)12-17/h7-12,15,21H,4-6,13H2,1-3H3,(H,23,25)/t15-,21-/m1/s1. The minimum atomic E-state index is -3.53. The van der Waals surface area contributed by atoms with Gasteiger partial charge in [0.2, 0.25) is 10.0 Å². The minimum Gasteiger partial charge on any atom is -0.476 e. The second-order valence-corrected chi connectivity index (χ2v) is 9.89. The molecule has 0 spiro atoms. The van der Waals surface area contributed by atoms with Gasteiger partial charge in [-0.25, -0.2) is 8.42 Å². The number of carbonyl (C=O) groups is 1. The van der Waals surface area contributed by atoms with E-state index in [1.807, 2.05) is 19.9 Å². The Morgan fingerprint density at radius 2 is 1.93 bits per heavy atom. The quantitative estimate of drug-likeness (QED) is 0.835. The number of ether oxygens (including phenoxy) is 1. The lowest BCUT2D eigenvalue weighted by Gasteiger charge is -2.34. The van der Waals surface area contributed by atoms with Gasteiger partial charge in [0.05, 0.1) is 24.5 Å². The van der Waals surface area contributed by atoms with Gasteiger partial charge in [0.15, 0.2) is 6.10 Å². The molecule has 0 saturated carbocycles. The van der Waals surface area contributed by atoms with Gasteiger partial charge in [0.25, 0.3) is 5.91 Å². The fourth-order valence-corrected chi connectivity index (χ4v) is 4.98. The molecule has 1 N–H and O–H groups in total. The number of fused-ring (bicyclic) bond motifs is 2. The van der Waals surface area contributed by atoms with E-state index in [2.05, 4.69) is 23.5 Å². The first kappa shape index (κ1) is 19.8. The lowest BCUT2D eigenvalue weighted by Crippen LogP contribution is -2.50. The first-order valence-electron chi connectivity index (χ1n) is 9.89. The average molecular weight is 415 g/mol. The Morgan fingerprint density at radius 1 is 1.17 bits per heavy atom. The van der Waals surface area contributed by atoms with Crippen LogP contribution in [0.3, 0.4) is 0 Å². The highest BCUT2D eigenvalue weighted by Crippen LogP contribution is 2.36. The number of hydrogen-bond acceptors (Lipinski definition) is 4. The maximum atomic E-state index is 12.9. The monoisotopic (exact) mass is 414 g/mol. The highest BCUT2D eigenvalue weighted by atomic mass is 32.2. The number of carbonyl (C=O) groups excluding carboxylic acids is 1. The van der Waals surface area contributed by atoms with E-state index >= 15 is 0 Å². The zero-order valence-electron chi connectivity index (χ0n) is 16.9. The van der Waals surface area contributed by atoms with Crippen molar-refractivity contribution in [3.63, 3.8) is 0 Å². The molecule has 0 radical (unpaired) electrons. The van der Waals surface area contributed by atoms with Crippen LogP contribution in [-0.2, 0) is 27.7 Å². The summed E-state index contributed by atoms with van der Waals surface area (Å²) in [6.45, 7) is 3.79. The van der Waals surface area contributed by atoms with Gasteiger partial charge in [-0.05, 0) is 67.5 Å². The zero-order valence-corrected chi connectivity index (χ0v) is 17.8. The number of nitrogens with zero attached hydrogens (tertiary/aromatic N) is 1. The molecule has 2 aromatic carbocycles. The Bertz CT molecular complexity index is 1060. The Labute approximate surface area is 171 Å². The summed E-state index contributed by atoms with van der Waals surface area (Å²) in [5.41, 5.74) is 5.19. The van der Waals surface area contributed by atoms with Gasteiger partial charge in [0.1, 0.15) is 5.75 Å². The fraction of sp³-hybridized carbons (Fsp3) is 0.409. The van der Waals surface area contributed by atoms with Crippen LogP contribution in [0, 0.1) is 6.92 Å². The molecule has 1 aliphatic heterocycles. The number of rotatable bonds is 4. The number of hydrogen-bond donors (Lipinski definition) is 1. The van der Waals surface area contributed by atoms with Crippen LogP contribution in [-0.4, -0.2) is 33.2 Å². The molecular formula is C22H26N2O4S. The number of benzene rings is 2. The molecule has 0 unspecified atom stereocenters. The van der Waals surface area contributed by atoms with Crippen LogP contribution in [0.25, 0.3) is 0 Å². The maximum absolute atomic E-state index is 12.9. The highest BCUT2D eigenvalue weighted by Gasteiger charge is 2.35. The van der Waals surface area contributed by atoms with Crippen molar-refractivity contribution >= 4 is 21.6 Å². The van der Waals surface area contributed by atoms with Gasteiger partial charge in [-0.1, -0.05) is 24.3 Å². The molecule has 6 nitrogen and oxygen atoms in total. The molecule has 7 heteroatoms. The number of nitrogens with one attached hydrogen (secondary N) is 1. The normalized spacial score (nSPS) is 19.1. The smallest absolute Gasteiger partial charge is 0.263 e. The maximum Gasteiger partial charge on any atom is 0.263 e. The number of amides is 1.